The molecule has 0 bridgehead atoms. The molecule has 2 N–H and O–H groups in total. The topological polar surface area (TPSA) is 111 Å². The highest BCUT2D eigenvalue weighted by Crippen LogP contribution is 2.25. The molecular weight excluding hydrogens is 378 g/mol. The fourth-order valence-corrected chi connectivity index (χ4v) is 2.53. The first-order chi connectivity index (χ1) is 13.8. The van der Waals surface area contributed by atoms with Gasteiger partial charge < -0.3 is 24.6 Å². The van der Waals surface area contributed by atoms with Gasteiger partial charge in [-0.2, -0.15) is 0 Å². The highest BCUT2D eigenvalue weighted by atomic mass is 16.5. The lowest BCUT2D eigenvalue weighted by Gasteiger charge is -2.11. The minimum atomic E-state index is -0.667. The molecule has 2 aromatic rings. The zero-order chi connectivity index (χ0) is 21.4. The van der Waals surface area contributed by atoms with Gasteiger partial charge in [0.1, 0.15) is 11.5 Å². The molecule has 8 heteroatoms. The average Bonchev–Trinajstić information content (AvgIpc) is 2.71. The molecule has 1 amide bonds. The number of ether oxygens (including phenoxy) is 3. The Hall–Kier alpha value is -3.39. The van der Waals surface area contributed by atoms with Crippen molar-refractivity contribution in [2.75, 3.05) is 25.6 Å². The van der Waals surface area contributed by atoms with Gasteiger partial charge in [-0.1, -0.05) is 0 Å². The summed E-state index contributed by atoms with van der Waals surface area (Å²) in [4.78, 5) is 35.8. The number of anilines is 1. The molecule has 0 aliphatic heterocycles. The van der Waals surface area contributed by atoms with Gasteiger partial charge in [0.15, 0.2) is 12.4 Å². The molecule has 154 valence electrons. The van der Waals surface area contributed by atoms with Crippen LogP contribution in [0.2, 0.25) is 0 Å². The van der Waals surface area contributed by atoms with Gasteiger partial charge in [-0.25, -0.2) is 4.79 Å². The van der Waals surface area contributed by atoms with E-state index in [9.17, 15) is 19.5 Å². The first-order valence-corrected chi connectivity index (χ1v) is 8.91. The maximum absolute atomic E-state index is 12.3. The minimum Gasteiger partial charge on any atom is -0.506 e. The summed E-state index contributed by atoms with van der Waals surface area (Å²) in [6.07, 6.45) is 0. The van der Waals surface area contributed by atoms with Crippen LogP contribution in [0.3, 0.4) is 0 Å². The monoisotopic (exact) mass is 401 g/mol. The summed E-state index contributed by atoms with van der Waals surface area (Å²) in [5, 5.41) is 12.2. The van der Waals surface area contributed by atoms with Crippen molar-refractivity contribution in [3.8, 4) is 11.5 Å². The highest BCUT2D eigenvalue weighted by Gasteiger charge is 2.16. The number of carbonyl (C=O) groups excluding carboxylic acids is 3. The maximum atomic E-state index is 12.3. The summed E-state index contributed by atoms with van der Waals surface area (Å²) in [7, 11) is 1.52. The predicted molar refractivity (Wildman–Crippen MR) is 105 cm³/mol. The minimum absolute atomic E-state index is 0.102. The molecule has 0 aliphatic rings. The van der Waals surface area contributed by atoms with E-state index in [-0.39, 0.29) is 29.2 Å². The number of rotatable bonds is 9. The third-order valence-electron chi connectivity index (χ3n) is 3.94. The summed E-state index contributed by atoms with van der Waals surface area (Å²) in [6, 6.07) is 8.74. The van der Waals surface area contributed by atoms with E-state index in [1.165, 1.54) is 38.3 Å². The number of nitrogens with one attached hydrogen (secondary N) is 1. The largest absolute Gasteiger partial charge is 0.506 e. The van der Waals surface area contributed by atoms with E-state index < -0.39 is 24.3 Å². The SMILES string of the molecule is CCOCc1cc(C(=O)OCC(=O)c2ccc(O)c(NC(C)=O)c2)ccc1OC. The Morgan fingerprint density at radius 2 is 1.79 bits per heavy atom. The second-order valence-corrected chi connectivity index (χ2v) is 6.08. The molecule has 0 unspecified atom stereocenters. The molecule has 2 aromatic carbocycles. The molecule has 0 heterocycles. The number of ketones is 1. The van der Waals surface area contributed by atoms with Crippen LogP contribution in [0.5, 0.6) is 11.5 Å². The van der Waals surface area contributed by atoms with Crippen LogP contribution >= 0.6 is 0 Å². The van der Waals surface area contributed by atoms with Crippen molar-refractivity contribution in [1.29, 1.82) is 0 Å². The number of carbonyl (C=O) groups is 3. The van der Waals surface area contributed by atoms with Crippen molar-refractivity contribution < 1.29 is 33.7 Å². The number of benzene rings is 2. The van der Waals surface area contributed by atoms with Crippen LogP contribution in [0.15, 0.2) is 36.4 Å². The van der Waals surface area contributed by atoms with Gasteiger partial charge in [-0.3, -0.25) is 9.59 Å². The Kier molecular flexibility index (Phi) is 7.73. The van der Waals surface area contributed by atoms with Crippen LogP contribution in [0, 0.1) is 0 Å². The van der Waals surface area contributed by atoms with Crippen molar-refractivity contribution in [2.45, 2.75) is 20.5 Å². The van der Waals surface area contributed by atoms with E-state index in [4.69, 9.17) is 14.2 Å². The number of esters is 1. The Bertz CT molecular complexity index is 908. The quantitative estimate of drug-likeness (QED) is 0.377. The van der Waals surface area contributed by atoms with E-state index in [0.717, 1.165) is 0 Å². The fraction of sp³-hybridized carbons (Fsp3) is 0.286. The number of methoxy groups -OCH3 is 1. The highest BCUT2D eigenvalue weighted by molar-refractivity contribution is 6.01. The fourth-order valence-electron chi connectivity index (χ4n) is 2.53. The van der Waals surface area contributed by atoms with Crippen LogP contribution in [0.25, 0.3) is 0 Å². The van der Waals surface area contributed by atoms with Gasteiger partial charge in [0, 0.05) is 24.7 Å². The van der Waals surface area contributed by atoms with Crippen LogP contribution in [-0.2, 0) is 20.9 Å². The smallest absolute Gasteiger partial charge is 0.338 e. The molecule has 0 atom stereocenters. The zero-order valence-corrected chi connectivity index (χ0v) is 16.5. The lowest BCUT2D eigenvalue weighted by molar-refractivity contribution is -0.114. The summed E-state index contributed by atoms with van der Waals surface area (Å²) in [6.45, 7) is 3.44. The second kappa shape index (κ2) is 10.2. The molecule has 29 heavy (non-hydrogen) atoms. The average molecular weight is 401 g/mol. The normalized spacial score (nSPS) is 10.3. The molecule has 0 aromatic heterocycles. The Morgan fingerprint density at radius 1 is 1.07 bits per heavy atom. The van der Waals surface area contributed by atoms with Crippen molar-refractivity contribution in [3.05, 3.63) is 53.1 Å². The number of phenols is 1. The van der Waals surface area contributed by atoms with E-state index >= 15 is 0 Å². The number of phenolic OH excluding ortho intramolecular Hbond substituents is 1. The molecule has 2 rings (SSSR count). The third-order valence-corrected chi connectivity index (χ3v) is 3.94. The number of aromatic hydroxyl groups is 1. The summed E-state index contributed by atoms with van der Waals surface area (Å²) >= 11 is 0. The molecule has 8 nitrogen and oxygen atoms in total. The first-order valence-electron chi connectivity index (χ1n) is 8.91. The Morgan fingerprint density at radius 3 is 2.45 bits per heavy atom. The number of amides is 1. The Labute approximate surface area is 168 Å². The zero-order valence-electron chi connectivity index (χ0n) is 16.5. The number of Topliss-reactive ketones (excluding diaryl/α,β-unsaturated/α-hetero) is 1. The number of hydrogen-bond donors (Lipinski definition) is 2. The maximum Gasteiger partial charge on any atom is 0.338 e. The van der Waals surface area contributed by atoms with Gasteiger partial charge in [-0.05, 0) is 43.3 Å². The molecule has 0 saturated heterocycles. The van der Waals surface area contributed by atoms with E-state index in [2.05, 4.69) is 5.32 Å². The van der Waals surface area contributed by atoms with Gasteiger partial charge in [0.2, 0.25) is 5.91 Å². The second-order valence-electron chi connectivity index (χ2n) is 6.08. The van der Waals surface area contributed by atoms with E-state index in [0.29, 0.717) is 17.9 Å². The van der Waals surface area contributed by atoms with Gasteiger partial charge in [-0.15, -0.1) is 0 Å². The molecule has 0 spiro atoms. The lowest BCUT2D eigenvalue weighted by atomic mass is 10.1. The predicted octanol–water partition coefficient (Wildman–Crippen LogP) is 2.94. The van der Waals surface area contributed by atoms with Crippen LogP contribution in [-0.4, -0.2) is 43.1 Å². The van der Waals surface area contributed by atoms with Gasteiger partial charge in [0.05, 0.1) is 25.0 Å². The standard InChI is InChI=1S/C21H23NO7/c1-4-28-11-16-9-15(6-8-20(16)27-3)21(26)29-12-19(25)14-5-7-18(24)17(10-14)22-13(2)23/h5-10,24H,4,11-12H2,1-3H3,(H,22,23). The third kappa shape index (κ3) is 6.05. The number of hydrogen-bond acceptors (Lipinski definition) is 7. The Balaban J connectivity index is 2.07. The van der Waals surface area contributed by atoms with Gasteiger partial charge >= 0.3 is 5.97 Å². The van der Waals surface area contributed by atoms with Crippen molar-refractivity contribution in [2.24, 2.45) is 0 Å². The summed E-state index contributed by atoms with van der Waals surface area (Å²) in [5.41, 5.74) is 1.24. The van der Waals surface area contributed by atoms with E-state index in [1.54, 1.807) is 12.1 Å². The van der Waals surface area contributed by atoms with Crippen molar-refractivity contribution >= 4 is 23.3 Å². The molecule has 0 aliphatic carbocycles. The van der Waals surface area contributed by atoms with Crippen LogP contribution in [0.1, 0.15) is 40.1 Å². The van der Waals surface area contributed by atoms with E-state index in [1.807, 2.05) is 6.92 Å². The van der Waals surface area contributed by atoms with Gasteiger partial charge in [0.25, 0.3) is 0 Å². The van der Waals surface area contributed by atoms with Crippen molar-refractivity contribution in [1.82, 2.24) is 0 Å². The van der Waals surface area contributed by atoms with Crippen LogP contribution < -0.4 is 10.1 Å². The van der Waals surface area contributed by atoms with Crippen molar-refractivity contribution in [3.63, 3.8) is 0 Å². The lowest BCUT2D eigenvalue weighted by Crippen LogP contribution is -2.15. The summed E-state index contributed by atoms with van der Waals surface area (Å²) in [5.74, 6) is -1.12. The molecular formula is C21H23NO7. The molecule has 0 fully saturated rings. The molecule has 0 radical (unpaired) electrons. The first kappa shape index (κ1) is 21.9. The summed E-state index contributed by atoms with van der Waals surface area (Å²) < 4.78 is 15.7. The molecule has 0 saturated carbocycles. The van der Waals surface area contributed by atoms with Crippen LogP contribution in [0.4, 0.5) is 5.69 Å².